The molecule has 7 nitrogen and oxygen atoms in total. The standard InChI is InChI=1S/C22H25N5O2/c1-22(2,3)29-21(28)24-16-10-13-27(14-16)20-17-6-4-5-7-18(17)25-19(26-20)15-8-11-23-12-9-15/h4-9,11-12,16H,10,13-14H2,1-3H3,(H,24,28). The van der Waals surface area contributed by atoms with Gasteiger partial charge in [-0.25, -0.2) is 14.8 Å². The fourth-order valence-electron chi connectivity index (χ4n) is 3.48. The van der Waals surface area contributed by atoms with Crippen molar-refractivity contribution < 1.29 is 9.53 Å². The summed E-state index contributed by atoms with van der Waals surface area (Å²) in [5.41, 5.74) is 1.31. The van der Waals surface area contributed by atoms with E-state index in [1.165, 1.54) is 0 Å². The molecule has 1 unspecified atom stereocenters. The first-order chi connectivity index (χ1) is 13.9. The van der Waals surface area contributed by atoms with Gasteiger partial charge in [0.25, 0.3) is 0 Å². The largest absolute Gasteiger partial charge is 0.444 e. The van der Waals surface area contributed by atoms with Crippen molar-refractivity contribution in [3.63, 3.8) is 0 Å². The maximum atomic E-state index is 12.1. The summed E-state index contributed by atoms with van der Waals surface area (Å²) < 4.78 is 5.39. The van der Waals surface area contributed by atoms with E-state index in [0.29, 0.717) is 12.4 Å². The van der Waals surface area contributed by atoms with Crippen LogP contribution >= 0.6 is 0 Å². The SMILES string of the molecule is CC(C)(C)OC(=O)NC1CCN(c2nc(-c3ccncc3)nc3ccccc23)C1. The summed E-state index contributed by atoms with van der Waals surface area (Å²) in [7, 11) is 0. The number of benzene rings is 1. The van der Waals surface area contributed by atoms with Gasteiger partial charge in [-0.3, -0.25) is 4.98 Å². The molecular formula is C22H25N5O2. The normalized spacial score (nSPS) is 16.8. The lowest BCUT2D eigenvalue weighted by Crippen LogP contribution is -2.40. The predicted octanol–water partition coefficient (Wildman–Crippen LogP) is 3.80. The number of rotatable bonds is 3. The number of hydrogen-bond acceptors (Lipinski definition) is 6. The molecule has 3 aromatic rings. The molecule has 4 rings (SSSR count). The molecule has 0 spiro atoms. The Bertz CT molecular complexity index is 1020. The first-order valence-electron chi connectivity index (χ1n) is 9.81. The molecule has 0 bridgehead atoms. The van der Waals surface area contributed by atoms with Crippen molar-refractivity contribution in [2.24, 2.45) is 0 Å². The van der Waals surface area contributed by atoms with E-state index in [9.17, 15) is 4.79 Å². The highest BCUT2D eigenvalue weighted by molar-refractivity contribution is 5.91. The Morgan fingerprint density at radius 1 is 1.14 bits per heavy atom. The van der Waals surface area contributed by atoms with Crippen LogP contribution in [0.5, 0.6) is 0 Å². The molecule has 1 N–H and O–H groups in total. The minimum Gasteiger partial charge on any atom is -0.444 e. The number of pyridine rings is 1. The lowest BCUT2D eigenvalue weighted by atomic mass is 10.2. The fourth-order valence-corrected chi connectivity index (χ4v) is 3.48. The molecule has 1 aromatic carbocycles. The van der Waals surface area contributed by atoms with Crippen LogP contribution in [-0.2, 0) is 4.74 Å². The zero-order valence-corrected chi connectivity index (χ0v) is 16.9. The molecular weight excluding hydrogens is 366 g/mol. The van der Waals surface area contributed by atoms with E-state index in [2.05, 4.69) is 15.2 Å². The first-order valence-corrected chi connectivity index (χ1v) is 9.81. The van der Waals surface area contributed by atoms with Gasteiger partial charge in [0.1, 0.15) is 11.4 Å². The molecule has 7 heteroatoms. The summed E-state index contributed by atoms with van der Waals surface area (Å²) in [6.45, 7) is 7.07. The smallest absolute Gasteiger partial charge is 0.407 e. The summed E-state index contributed by atoms with van der Waals surface area (Å²) in [6.07, 6.45) is 3.94. The third kappa shape index (κ3) is 4.45. The summed E-state index contributed by atoms with van der Waals surface area (Å²) in [6, 6.07) is 11.8. The molecule has 1 fully saturated rings. The van der Waals surface area contributed by atoms with Gasteiger partial charge in [-0.05, 0) is 51.5 Å². The van der Waals surface area contributed by atoms with E-state index < -0.39 is 5.60 Å². The quantitative estimate of drug-likeness (QED) is 0.732. The molecule has 150 valence electrons. The Morgan fingerprint density at radius 2 is 1.90 bits per heavy atom. The highest BCUT2D eigenvalue weighted by Crippen LogP contribution is 2.29. The maximum absolute atomic E-state index is 12.1. The van der Waals surface area contributed by atoms with Crippen LogP contribution in [-0.4, -0.2) is 45.8 Å². The molecule has 29 heavy (non-hydrogen) atoms. The van der Waals surface area contributed by atoms with Crippen molar-refractivity contribution in [2.75, 3.05) is 18.0 Å². The highest BCUT2D eigenvalue weighted by Gasteiger charge is 2.28. The van der Waals surface area contributed by atoms with Gasteiger partial charge in [0, 0.05) is 36.4 Å². The van der Waals surface area contributed by atoms with Gasteiger partial charge in [-0.15, -0.1) is 0 Å². The number of aromatic nitrogens is 3. The summed E-state index contributed by atoms with van der Waals surface area (Å²) in [4.78, 5) is 28.0. The molecule has 1 aliphatic rings. The van der Waals surface area contributed by atoms with E-state index >= 15 is 0 Å². The molecule has 0 aliphatic carbocycles. The summed E-state index contributed by atoms with van der Waals surface area (Å²) in [5, 5.41) is 3.98. The van der Waals surface area contributed by atoms with Crippen molar-refractivity contribution in [3.05, 3.63) is 48.8 Å². The lowest BCUT2D eigenvalue weighted by molar-refractivity contribution is 0.0509. The second-order valence-electron chi connectivity index (χ2n) is 8.20. The van der Waals surface area contributed by atoms with Crippen LogP contribution in [0.15, 0.2) is 48.8 Å². The van der Waals surface area contributed by atoms with Crippen molar-refractivity contribution >= 4 is 22.8 Å². The van der Waals surface area contributed by atoms with Gasteiger partial charge in [-0.2, -0.15) is 0 Å². The Labute approximate surface area is 170 Å². The molecule has 1 aliphatic heterocycles. The van der Waals surface area contributed by atoms with Crippen LogP contribution in [0.2, 0.25) is 0 Å². The zero-order valence-electron chi connectivity index (χ0n) is 16.9. The second-order valence-corrected chi connectivity index (χ2v) is 8.20. The van der Waals surface area contributed by atoms with E-state index in [1.54, 1.807) is 12.4 Å². The number of anilines is 1. The Kier molecular flexibility index (Phi) is 5.05. The third-order valence-electron chi connectivity index (χ3n) is 4.73. The number of para-hydroxylation sites is 1. The number of carbonyl (C=O) groups is 1. The van der Waals surface area contributed by atoms with E-state index in [0.717, 1.165) is 35.2 Å². The highest BCUT2D eigenvalue weighted by atomic mass is 16.6. The molecule has 2 aromatic heterocycles. The minimum atomic E-state index is -0.509. The molecule has 3 heterocycles. The number of nitrogens with zero attached hydrogens (tertiary/aromatic N) is 4. The Balaban J connectivity index is 1.60. The van der Waals surface area contributed by atoms with Gasteiger partial charge in [0.2, 0.25) is 0 Å². The molecule has 0 radical (unpaired) electrons. The first kappa shape index (κ1) is 19.1. The van der Waals surface area contributed by atoms with Crippen LogP contribution in [0.3, 0.4) is 0 Å². The maximum Gasteiger partial charge on any atom is 0.407 e. The van der Waals surface area contributed by atoms with Crippen molar-refractivity contribution in [1.82, 2.24) is 20.3 Å². The lowest BCUT2D eigenvalue weighted by Gasteiger charge is -2.23. The van der Waals surface area contributed by atoms with Crippen molar-refractivity contribution in [1.29, 1.82) is 0 Å². The van der Waals surface area contributed by atoms with Gasteiger partial charge in [0.05, 0.1) is 11.6 Å². The van der Waals surface area contributed by atoms with Crippen molar-refractivity contribution in [3.8, 4) is 11.4 Å². The van der Waals surface area contributed by atoms with Gasteiger partial charge in [-0.1, -0.05) is 12.1 Å². The summed E-state index contributed by atoms with van der Waals surface area (Å²) >= 11 is 0. The van der Waals surface area contributed by atoms with Gasteiger partial charge in [0.15, 0.2) is 5.82 Å². The predicted molar refractivity (Wildman–Crippen MR) is 113 cm³/mol. The monoisotopic (exact) mass is 391 g/mol. The van der Waals surface area contributed by atoms with E-state index in [4.69, 9.17) is 14.7 Å². The van der Waals surface area contributed by atoms with Crippen LogP contribution in [0.1, 0.15) is 27.2 Å². The Hall–Kier alpha value is -3.22. The van der Waals surface area contributed by atoms with E-state index in [1.807, 2.05) is 57.2 Å². The number of nitrogens with one attached hydrogen (secondary N) is 1. The van der Waals surface area contributed by atoms with Gasteiger partial charge >= 0.3 is 6.09 Å². The van der Waals surface area contributed by atoms with Gasteiger partial charge < -0.3 is 15.0 Å². The van der Waals surface area contributed by atoms with Crippen LogP contribution in [0.25, 0.3) is 22.3 Å². The zero-order chi connectivity index (χ0) is 20.4. The third-order valence-corrected chi connectivity index (χ3v) is 4.73. The average molecular weight is 391 g/mol. The number of fused-ring (bicyclic) bond motifs is 1. The second kappa shape index (κ2) is 7.66. The minimum absolute atomic E-state index is 0.0166. The van der Waals surface area contributed by atoms with E-state index in [-0.39, 0.29) is 12.1 Å². The number of ether oxygens (including phenoxy) is 1. The van der Waals surface area contributed by atoms with Crippen LogP contribution in [0, 0.1) is 0 Å². The summed E-state index contributed by atoms with van der Waals surface area (Å²) in [5.74, 6) is 1.56. The molecule has 1 atom stereocenters. The molecule has 1 amide bonds. The number of carbonyl (C=O) groups excluding carboxylic acids is 1. The topological polar surface area (TPSA) is 80.2 Å². The fraction of sp³-hybridized carbons (Fsp3) is 0.364. The van der Waals surface area contributed by atoms with Crippen molar-refractivity contribution in [2.45, 2.75) is 38.8 Å². The van der Waals surface area contributed by atoms with Crippen LogP contribution in [0.4, 0.5) is 10.6 Å². The van der Waals surface area contributed by atoms with Crippen LogP contribution < -0.4 is 10.2 Å². The number of alkyl carbamates (subject to hydrolysis) is 1. The average Bonchev–Trinajstić information content (AvgIpc) is 3.14. The molecule has 1 saturated heterocycles. The molecule has 0 saturated carbocycles. The number of amides is 1. The Morgan fingerprint density at radius 3 is 2.66 bits per heavy atom. The number of hydrogen-bond donors (Lipinski definition) is 1.